The van der Waals surface area contributed by atoms with Gasteiger partial charge in [0.15, 0.2) is 5.16 Å². The van der Waals surface area contributed by atoms with Gasteiger partial charge in [-0.3, -0.25) is 23.7 Å². The third-order valence-corrected chi connectivity index (χ3v) is 4.92. The molecule has 0 aliphatic heterocycles. The van der Waals surface area contributed by atoms with Crippen molar-refractivity contribution in [2.45, 2.75) is 31.5 Å². The SMILES string of the molecule is CCCNC(=O)CNC(=O)CSc1nc2ccccc2c(=O)n1CCC(=O)OC. The molecular formula is C19H24N4O5S. The topological polar surface area (TPSA) is 119 Å². The maximum atomic E-state index is 12.8. The van der Waals surface area contributed by atoms with E-state index in [0.29, 0.717) is 22.6 Å². The van der Waals surface area contributed by atoms with E-state index in [0.717, 1.165) is 18.2 Å². The maximum absolute atomic E-state index is 12.8. The summed E-state index contributed by atoms with van der Waals surface area (Å²) in [6.07, 6.45) is 0.820. The molecule has 29 heavy (non-hydrogen) atoms. The largest absolute Gasteiger partial charge is 0.469 e. The lowest BCUT2D eigenvalue weighted by molar-refractivity contribution is -0.140. The highest BCUT2D eigenvalue weighted by atomic mass is 32.2. The first-order chi connectivity index (χ1) is 14.0. The van der Waals surface area contributed by atoms with Crippen molar-refractivity contribution in [1.29, 1.82) is 0 Å². The van der Waals surface area contributed by atoms with E-state index < -0.39 is 5.97 Å². The smallest absolute Gasteiger partial charge is 0.307 e. The zero-order chi connectivity index (χ0) is 21.2. The van der Waals surface area contributed by atoms with E-state index in [-0.39, 0.29) is 42.6 Å². The highest BCUT2D eigenvalue weighted by Crippen LogP contribution is 2.18. The molecule has 0 fully saturated rings. The summed E-state index contributed by atoms with van der Waals surface area (Å²) >= 11 is 1.07. The Bertz CT molecular complexity index is 944. The Labute approximate surface area is 172 Å². The molecule has 0 spiro atoms. The van der Waals surface area contributed by atoms with E-state index in [9.17, 15) is 19.2 Å². The molecule has 0 aliphatic rings. The number of nitrogens with zero attached hydrogens (tertiary/aromatic N) is 2. The monoisotopic (exact) mass is 420 g/mol. The quantitative estimate of drug-likeness (QED) is 0.330. The van der Waals surface area contributed by atoms with Crippen LogP contribution in [0.25, 0.3) is 10.9 Å². The molecule has 9 nitrogen and oxygen atoms in total. The lowest BCUT2D eigenvalue weighted by Crippen LogP contribution is -2.38. The van der Waals surface area contributed by atoms with Crippen molar-refractivity contribution >= 4 is 40.4 Å². The Morgan fingerprint density at radius 3 is 2.66 bits per heavy atom. The summed E-state index contributed by atoms with van der Waals surface area (Å²) in [4.78, 5) is 52.4. The first kappa shape index (κ1) is 22.4. The highest BCUT2D eigenvalue weighted by molar-refractivity contribution is 7.99. The number of para-hydroxylation sites is 1. The number of carbonyl (C=O) groups excluding carboxylic acids is 3. The molecule has 0 saturated carbocycles. The fourth-order valence-corrected chi connectivity index (χ4v) is 3.30. The van der Waals surface area contributed by atoms with Crippen molar-refractivity contribution in [1.82, 2.24) is 20.2 Å². The van der Waals surface area contributed by atoms with Gasteiger partial charge in [-0.25, -0.2) is 4.98 Å². The van der Waals surface area contributed by atoms with Crippen molar-refractivity contribution < 1.29 is 19.1 Å². The Hall–Kier alpha value is -2.88. The van der Waals surface area contributed by atoms with Crippen LogP contribution in [0.5, 0.6) is 0 Å². The van der Waals surface area contributed by atoms with Crippen molar-refractivity contribution in [3.63, 3.8) is 0 Å². The fraction of sp³-hybridized carbons (Fsp3) is 0.421. The number of ether oxygens (including phenoxy) is 1. The van der Waals surface area contributed by atoms with E-state index in [1.54, 1.807) is 24.3 Å². The number of rotatable bonds is 10. The molecule has 1 aromatic carbocycles. The summed E-state index contributed by atoms with van der Waals surface area (Å²) < 4.78 is 6.00. The van der Waals surface area contributed by atoms with Crippen LogP contribution in [0, 0.1) is 0 Å². The molecule has 1 aromatic heterocycles. The van der Waals surface area contributed by atoms with Gasteiger partial charge in [0, 0.05) is 13.1 Å². The molecule has 0 aliphatic carbocycles. The van der Waals surface area contributed by atoms with Gasteiger partial charge in [0.2, 0.25) is 11.8 Å². The van der Waals surface area contributed by atoms with Gasteiger partial charge in [-0.15, -0.1) is 0 Å². The molecule has 0 radical (unpaired) electrons. The molecule has 2 rings (SSSR count). The fourth-order valence-electron chi connectivity index (χ4n) is 2.45. The molecule has 0 atom stereocenters. The zero-order valence-corrected chi connectivity index (χ0v) is 17.2. The molecule has 156 valence electrons. The first-order valence-corrected chi connectivity index (χ1v) is 10.2. The number of thioether (sulfide) groups is 1. The number of fused-ring (bicyclic) bond motifs is 1. The van der Waals surface area contributed by atoms with Crippen LogP contribution in [0.1, 0.15) is 19.8 Å². The van der Waals surface area contributed by atoms with Crippen LogP contribution >= 0.6 is 11.8 Å². The second-order valence-corrected chi connectivity index (χ2v) is 7.05. The van der Waals surface area contributed by atoms with E-state index in [1.807, 2.05) is 6.92 Å². The van der Waals surface area contributed by atoms with E-state index >= 15 is 0 Å². The summed E-state index contributed by atoms with van der Waals surface area (Å²) in [6.45, 7) is 2.47. The Morgan fingerprint density at radius 1 is 1.17 bits per heavy atom. The van der Waals surface area contributed by atoms with Gasteiger partial charge in [-0.1, -0.05) is 30.8 Å². The van der Waals surface area contributed by atoms with E-state index in [1.165, 1.54) is 11.7 Å². The second kappa shape index (κ2) is 11.2. The second-order valence-electron chi connectivity index (χ2n) is 6.11. The molecule has 0 unspecified atom stereocenters. The lowest BCUT2D eigenvalue weighted by Gasteiger charge is -2.12. The summed E-state index contributed by atoms with van der Waals surface area (Å²) in [5, 5.41) is 5.95. The molecule has 0 saturated heterocycles. The maximum Gasteiger partial charge on any atom is 0.307 e. The van der Waals surface area contributed by atoms with E-state index in [4.69, 9.17) is 0 Å². The van der Waals surface area contributed by atoms with Gasteiger partial charge in [0.05, 0.1) is 36.7 Å². The minimum Gasteiger partial charge on any atom is -0.469 e. The number of esters is 1. The average Bonchev–Trinajstić information content (AvgIpc) is 2.73. The predicted octanol–water partition coefficient (Wildman–Crippen LogP) is 0.694. The van der Waals surface area contributed by atoms with Crippen LogP contribution in [-0.4, -0.2) is 53.3 Å². The van der Waals surface area contributed by atoms with Crippen molar-refractivity contribution in [3.05, 3.63) is 34.6 Å². The molecular weight excluding hydrogens is 396 g/mol. The van der Waals surface area contributed by atoms with Crippen LogP contribution in [0.15, 0.2) is 34.2 Å². The van der Waals surface area contributed by atoms with Gasteiger partial charge >= 0.3 is 5.97 Å². The van der Waals surface area contributed by atoms with Crippen molar-refractivity contribution in [2.24, 2.45) is 0 Å². The number of nitrogens with one attached hydrogen (secondary N) is 2. The Morgan fingerprint density at radius 2 is 1.93 bits per heavy atom. The summed E-state index contributed by atoms with van der Waals surface area (Å²) in [6, 6.07) is 6.88. The molecule has 1 heterocycles. The first-order valence-electron chi connectivity index (χ1n) is 9.18. The summed E-state index contributed by atoms with van der Waals surface area (Å²) in [5.41, 5.74) is 0.218. The summed E-state index contributed by atoms with van der Waals surface area (Å²) in [7, 11) is 1.28. The number of hydrogen-bond donors (Lipinski definition) is 2. The van der Waals surface area contributed by atoms with Crippen LogP contribution in [-0.2, 0) is 25.7 Å². The zero-order valence-electron chi connectivity index (χ0n) is 16.4. The van der Waals surface area contributed by atoms with Gasteiger partial charge < -0.3 is 15.4 Å². The lowest BCUT2D eigenvalue weighted by atomic mass is 10.2. The third kappa shape index (κ3) is 6.60. The van der Waals surface area contributed by atoms with Gasteiger partial charge in [-0.05, 0) is 18.6 Å². The van der Waals surface area contributed by atoms with Crippen molar-refractivity contribution in [3.8, 4) is 0 Å². The van der Waals surface area contributed by atoms with Gasteiger partial charge in [0.25, 0.3) is 5.56 Å². The van der Waals surface area contributed by atoms with Crippen LogP contribution in [0.4, 0.5) is 0 Å². The average molecular weight is 420 g/mol. The van der Waals surface area contributed by atoms with E-state index in [2.05, 4.69) is 20.4 Å². The summed E-state index contributed by atoms with van der Waals surface area (Å²) in [5.74, 6) is -1.09. The minimum absolute atomic E-state index is 0.00772. The Kier molecular flexibility index (Phi) is 8.66. The molecule has 2 aromatic rings. The number of carbonyl (C=O) groups is 3. The predicted molar refractivity (Wildman–Crippen MR) is 110 cm³/mol. The highest BCUT2D eigenvalue weighted by Gasteiger charge is 2.15. The van der Waals surface area contributed by atoms with Crippen LogP contribution < -0.4 is 16.2 Å². The number of methoxy groups -OCH3 is 1. The minimum atomic E-state index is -0.447. The number of aromatic nitrogens is 2. The number of benzene rings is 1. The number of amides is 2. The number of hydrogen-bond acceptors (Lipinski definition) is 7. The molecule has 10 heteroatoms. The van der Waals surface area contributed by atoms with Crippen molar-refractivity contribution in [2.75, 3.05) is 26.0 Å². The van der Waals surface area contributed by atoms with Gasteiger partial charge in [-0.2, -0.15) is 0 Å². The Balaban J connectivity index is 2.11. The standard InChI is InChI=1S/C19H24N4O5S/c1-3-9-20-15(24)11-21-16(25)12-29-19-22-14-7-5-4-6-13(14)18(27)23(19)10-8-17(26)28-2/h4-7H,3,8-12H2,1-2H3,(H,20,24)(H,21,25). The molecule has 0 bridgehead atoms. The third-order valence-electron chi connectivity index (χ3n) is 3.94. The molecule has 2 N–H and O–H groups in total. The van der Waals surface area contributed by atoms with Gasteiger partial charge in [0.1, 0.15) is 0 Å². The molecule has 2 amide bonds. The normalized spacial score (nSPS) is 10.6. The van der Waals surface area contributed by atoms with Crippen LogP contribution in [0.3, 0.4) is 0 Å². The van der Waals surface area contributed by atoms with Crippen LogP contribution in [0.2, 0.25) is 0 Å².